The van der Waals surface area contributed by atoms with Gasteiger partial charge >= 0.3 is 0 Å². The van der Waals surface area contributed by atoms with E-state index in [-0.39, 0.29) is 11.5 Å². The Kier molecular flexibility index (Phi) is 5.74. The molecule has 0 aliphatic rings. The third-order valence-electron chi connectivity index (χ3n) is 3.40. The standard InChI is InChI=1S/C16H22N4O2/c17-19(11-13-5-1-3-7-15(13)21)9-10-20(18)12-14-6-2-4-8-16(14)22/h1-8,21-22H,9-12,17-18H2. The Morgan fingerprint density at radius 3 is 1.41 bits per heavy atom. The van der Waals surface area contributed by atoms with Gasteiger partial charge in [0.1, 0.15) is 11.5 Å². The number of para-hydroxylation sites is 2. The molecule has 0 fully saturated rings. The molecule has 2 aromatic rings. The van der Waals surface area contributed by atoms with E-state index in [0.717, 1.165) is 11.1 Å². The molecule has 0 radical (unpaired) electrons. The number of aromatic hydroxyl groups is 2. The van der Waals surface area contributed by atoms with Gasteiger partial charge in [-0.25, -0.2) is 10.0 Å². The molecule has 22 heavy (non-hydrogen) atoms. The Labute approximate surface area is 130 Å². The number of phenols is 2. The molecule has 6 nitrogen and oxygen atoms in total. The molecular formula is C16H22N4O2. The van der Waals surface area contributed by atoms with Gasteiger partial charge in [0.2, 0.25) is 0 Å². The fraction of sp³-hybridized carbons (Fsp3) is 0.250. The summed E-state index contributed by atoms with van der Waals surface area (Å²) in [5, 5.41) is 22.6. The zero-order valence-electron chi connectivity index (χ0n) is 12.4. The number of phenolic OH excluding ortho intramolecular Hbond substituents is 2. The minimum atomic E-state index is 0.233. The predicted octanol–water partition coefficient (Wildman–Crippen LogP) is 1.15. The molecule has 0 aliphatic carbocycles. The Morgan fingerprint density at radius 2 is 1.05 bits per heavy atom. The van der Waals surface area contributed by atoms with Gasteiger partial charge in [0.25, 0.3) is 0 Å². The summed E-state index contributed by atoms with van der Waals surface area (Å²) in [5.74, 6) is 12.3. The van der Waals surface area contributed by atoms with E-state index in [2.05, 4.69) is 0 Å². The van der Waals surface area contributed by atoms with Crippen LogP contribution in [0.1, 0.15) is 11.1 Å². The molecule has 0 saturated carbocycles. The minimum absolute atomic E-state index is 0.233. The zero-order chi connectivity index (χ0) is 15.9. The lowest BCUT2D eigenvalue weighted by Gasteiger charge is -2.22. The first-order chi connectivity index (χ1) is 10.6. The second kappa shape index (κ2) is 7.77. The molecule has 0 unspecified atom stereocenters. The molecule has 118 valence electrons. The van der Waals surface area contributed by atoms with Crippen molar-refractivity contribution in [1.82, 2.24) is 10.0 Å². The summed E-state index contributed by atoms with van der Waals surface area (Å²) in [6.07, 6.45) is 0. The van der Waals surface area contributed by atoms with E-state index in [1.54, 1.807) is 34.3 Å². The van der Waals surface area contributed by atoms with E-state index in [0.29, 0.717) is 26.2 Å². The molecule has 0 amide bonds. The van der Waals surface area contributed by atoms with Gasteiger partial charge in [-0.3, -0.25) is 11.7 Å². The number of hydrogen-bond donors (Lipinski definition) is 4. The van der Waals surface area contributed by atoms with Crippen molar-refractivity contribution < 1.29 is 10.2 Å². The molecule has 0 atom stereocenters. The van der Waals surface area contributed by atoms with Crippen LogP contribution in [0.2, 0.25) is 0 Å². The first kappa shape index (κ1) is 16.3. The van der Waals surface area contributed by atoms with Crippen LogP contribution in [0.3, 0.4) is 0 Å². The van der Waals surface area contributed by atoms with Crippen LogP contribution in [0.25, 0.3) is 0 Å². The van der Waals surface area contributed by atoms with Crippen molar-refractivity contribution in [3.8, 4) is 11.5 Å². The molecule has 0 aliphatic heterocycles. The van der Waals surface area contributed by atoms with Gasteiger partial charge in [-0.15, -0.1) is 0 Å². The van der Waals surface area contributed by atoms with Crippen LogP contribution in [0.15, 0.2) is 48.5 Å². The summed E-state index contributed by atoms with van der Waals surface area (Å²) in [5.41, 5.74) is 1.54. The first-order valence-electron chi connectivity index (χ1n) is 7.09. The average Bonchev–Trinajstić information content (AvgIpc) is 2.50. The molecule has 6 heteroatoms. The average molecular weight is 302 g/mol. The van der Waals surface area contributed by atoms with Crippen molar-refractivity contribution >= 4 is 0 Å². The van der Waals surface area contributed by atoms with E-state index >= 15 is 0 Å². The third-order valence-corrected chi connectivity index (χ3v) is 3.40. The number of rotatable bonds is 7. The maximum Gasteiger partial charge on any atom is 0.120 e. The van der Waals surface area contributed by atoms with Gasteiger partial charge in [-0.2, -0.15) is 0 Å². The highest BCUT2D eigenvalue weighted by Crippen LogP contribution is 2.17. The molecule has 0 aromatic heterocycles. The van der Waals surface area contributed by atoms with Crippen molar-refractivity contribution in [2.75, 3.05) is 13.1 Å². The van der Waals surface area contributed by atoms with Crippen LogP contribution in [-0.4, -0.2) is 33.3 Å². The normalized spacial score (nSPS) is 11.3. The van der Waals surface area contributed by atoms with Crippen molar-refractivity contribution in [3.63, 3.8) is 0 Å². The second-order valence-corrected chi connectivity index (χ2v) is 5.20. The van der Waals surface area contributed by atoms with Gasteiger partial charge in [0.05, 0.1) is 0 Å². The lowest BCUT2D eigenvalue weighted by Crippen LogP contribution is -2.41. The molecule has 2 rings (SSSR count). The first-order valence-corrected chi connectivity index (χ1v) is 7.09. The fourth-order valence-corrected chi connectivity index (χ4v) is 2.14. The minimum Gasteiger partial charge on any atom is -0.508 e. The third kappa shape index (κ3) is 4.71. The van der Waals surface area contributed by atoms with E-state index in [9.17, 15) is 10.2 Å². The molecule has 6 N–H and O–H groups in total. The summed E-state index contributed by atoms with van der Waals surface area (Å²) in [6, 6.07) is 14.2. The number of benzene rings is 2. The molecule has 2 aromatic carbocycles. The van der Waals surface area contributed by atoms with Crippen LogP contribution < -0.4 is 11.7 Å². The molecule has 0 saturated heterocycles. The van der Waals surface area contributed by atoms with Crippen LogP contribution in [0.4, 0.5) is 0 Å². The lowest BCUT2D eigenvalue weighted by molar-refractivity contribution is 0.195. The fourth-order valence-electron chi connectivity index (χ4n) is 2.14. The number of nitrogens with two attached hydrogens (primary N) is 2. The van der Waals surface area contributed by atoms with Gasteiger partial charge < -0.3 is 10.2 Å². The van der Waals surface area contributed by atoms with Gasteiger partial charge in [0.15, 0.2) is 0 Å². The number of hydrazine groups is 2. The summed E-state index contributed by atoms with van der Waals surface area (Å²) in [6.45, 7) is 1.96. The molecule has 0 heterocycles. The topological polar surface area (TPSA) is 99.0 Å². The van der Waals surface area contributed by atoms with Gasteiger partial charge in [-0.1, -0.05) is 36.4 Å². The second-order valence-electron chi connectivity index (χ2n) is 5.20. The van der Waals surface area contributed by atoms with Crippen molar-refractivity contribution in [2.24, 2.45) is 11.7 Å². The van der Waals surface area contributed by atoms with Gasteiger partial charge in [-0.05, 0) is 12.1 Å². The largest absolute Gasteiger partial charge is 0.508 e. The molecular weight excluding hydrogens is 280 g/mol. The Balaban J connectivity index is 1.80. The quantitative estimate of drug-likeness (QED) is 0.452. The number of nitrogens with zero attached hydrogens (tertiary/aromatic N) is 2. The molecule has 0 spiro atoms. The monoisotopic (exact) mass is 302 g/mol. The van der Waals surface area contributed by atoms with Crippen LogP contribution in [0, 0.1) is 0 Å². The van der Waals surface area contributed by atoms with Crippen LogP contribution in [-0.2, 0) is 13.1 Å². The Morgan fingerprint density at radius 1 is 0.682 bits per heavy atom. The number of hydrogen-bond acceptors (Lipinski definition) is 6. The SMILES string of the molecule is NN(CCN(N)Cc1ccccc1O)Cc1ccccc1O. The van der Waals surface area contributed by atoms with Crippen LogP contribution >= 0.6 is 0 Å². The van der Waals surface area contributed by atoms with Crippen molar-refractivity contribution in [1.29, 1.82) is 0 Å². The van der Waals surface area contributed by atoms with Gasteiger partial charge in [0, 0.05) is 37.3 Å². The Bertz CT molecular complexity index is 553. The summed E-state index contributed by atoms with van der Waals surface area (Å²) < 4.78 is 0. The summed E-state index contributed by atoms with van der Waals surface area (Å²) >= 11 is 0. The maximum atomic E-state index is 9.72. The highest BCUT2D eigenvalue weighted by atomic mass is 16.3. The van der Waals surface area contributed by atoms with Crippen molar-refractivity contribution in [2.45, 2.75) is 13.1 Å². The highest BCUT2D eigenvalue weighted by molar-refractivity contribution is 5.32. The zero-order valence-corrected chi connectivity index (χ0v) is 12.4. The predicted molar refractivity (Wildman–Crippen MR) is 85.4 cm³/mol. The van der Waals surface area contributed by atoms with E-state index in [4.69, 9.17) is 11.7 Å². The van der Waals surface area contributed by atoms with E-state index < -0.39 is 0 Å². The Hall–Kier alpha value is -2.12. The molecule has 0 bridgehead atoms. The van der Waals surface area contributed by atoms with E-state index in [1.807, 2.05) is 24.3 Å². The van der Waals surface area contributed by atoms with Crippen molar-refractivity contribution in [3.05, 3.63) is 59.7 Å². The maximum absolute atomic E-state index is 9.72. The summed E-state index contributed by atoms with van der Waals surface area (Å²) in [4.78, 5) is 0. The smallest absolute Gasteiger partial charge is 0.120 e. The highest BCUT2D eigenvalue weighted by Gasteiger charge is 2.08. The van der Waals surface area contributed by atoms with E-state index in [1.165, 1.54) is 0 Å². The lowest BCUT2D eigenvalue weighted by atomic mass is 10.2. The summed E-state index contributed by atoms with van der Waals surface area (Å²) in [7, 11) is 0. The van der Waals surface area contributed by atoms with Crippen LogP contribution in [0.5, 0.6) is 11.5 Å².